The lowest BCUT2D eigenvalue weighted by Gasteiger charge is -2.47. The van der Waals surface area contributed by atoms with E-state index in [0.717, 1.165) is 14.0 Å². The number of halogens is 2. The maximum Gasteiger partial charge on any atom is 0.413 e. The van der Waals surface area contributed by atoms with E-state index in [0.29, 0.717) is 5.56 Å². The van der Waals surface area contributed by atoms with Gasteiger partial charge in [-0.3, -0.25) is 5.32 Å². The number of aliphatic hydroxyl groups excluding tert-OH is 3. The highest BCUT2D eigenvalue weighted by Gasteiger charge is 2.63. The molecule has 2 unspecified atom stereocenters. The summed E-state index contributed by atoms with van der Waals surface area (Å²) in [6.07, 6.45) is -10.1. The Bertz CT molecular complexity index is 935. The number of ether oxygens (including phenoxy) is 3. The Balaban J connectivity index is 2.27. The standard InChI is InChI=1S/C23H30F2N2O9/c1-12(29)9-15-17(26-13(2)27-22(33)35-11-14-7-5-4-6-8-14)20(24)23(25,21(32)34-3)36-19(15)18(31)16(30)10-28/h4-8,15-20,26,28,30-31H,2,9-11H2,1,3H3,(H,27,33)/t15-,16-,17+,18-,19?,20?,23-/m1/s1. The van der Waals surface area contributed by atoms with Gasteiger partial charge in [0.25, 0.3) is 0 Å². The van der Waals surface area contributed by atoms with E-state index < -0.39 is 73.2 Å². The lowest BCUT2D eigenvalue weighted by atomic mass is 9.78. The Kier molecular flexibility index (Phi) is 10.3. The predicted octanol–water partition coefficient (Wildman–Crippen LogP) is 0.227. The minimum Gasteiger partial charge on any atom is -0.465 e. The number of esters is 1. The van der Waals surface area contributed by atoms with Crippen molar-refractivity contribution in [2.45, 2.75) is 56.3 Å². The van der Waals surface area contributed by atoms with Crippen molar-refractivity contribution in [1.29, 1.82) is 0 Å². The maximum atomic E-state index is 15.5. The minimum atomic E-state index is -3.77. The summed E-state index contributed by atoms with van der Waals surface area (Å²) in [5.41, 5.74) is 0.681. The molecule has 0 saturated carbocycles. The molecule has 1 saturated heterocycles. The van der Waals surface area contributed by atoms with E-state index in [1.54, 1.807) is 30.3 Å². The van der Waals surface area contributed by atoms with Gasteiger partial charge in [-0.2, -0.15) is 4.39 Å². The fourth-order valence-electron chi connectivity index (χ4n) is 3.83. The smallest absolute Gasteiger partial charge is 0.413 e. The maximum absolute atomic E-state index is 15.5. The van der Waals surface area contributed by atoms with Gasteiger partial charge in [-0.25, -0.2) is 14.0 Å². The Morgan fingerprint density at radius 3 is 2.44 bits per heavy atom. The molecule has 1 fully saturated rings. The number of hydrogen-bond donors (Lipinski definition) is 5. The van der Waals surface area contributed by atoms with Gasteiger partial charge in [0.1, 0.15) is 30.4 Å². The first-order chi connectivity index (χ1) is 16.9. The Morgan fingerprint density at radius 1 is 1.25 bits per heavy atom. The van der Waals surface area contributed by atoms with Crippen molar-refractivity contribution >= 4 is 17.8 Å². The molecule has 13 heteroatoms. The van der Waals surface area contributed by atoms with Gasteiger partial charge in [-0.05, 0) is 12.5 Å². The summed E-state index contributed by atoms with van der Waals surface area (Å²) >= 11 is 0. The molecular weight excluding hydrogens is 486 g/mol. The van der Waals surface area contributed by atoms with Crippen LogP contribution in [0.3, 0.4) is 0 Å². The third kappa shape index (κ3) is 6.97. The van der Waals surface area contributed by atoms with Crippen molar-refractivity contribution in [3.63, 3.8) is 0 Å². The number of alkyl carbamates (subject to hydrolysis) is 1. The van der Waals surface area contributed by atoms with Gasteiger partial charge in [0.05, 0.1) is 25.9 Å². The van der Waals surface area contributed by atoms with Gasteiger partial charge in [-0.15, -0.1) is 0 Å². The number of hydrogen-bond acceptors (Lipinski definition) is 10. The first-order valence-corrected chi connectivity index (χ1v) is 10.9. The molecule has 0 spiro atoms. The highest BCUT2D eigenvalue weighted by Crippen LogP contribution is 2.41. The molecule has 7 atom stereocenters. The molecule has 0 bridgehead atoms. The Hall–Kier alpha value is -3.13. The lowest BCUT2D eigenvalue weighted by molar-refractivity contribution is -0.287. The van der Waals surface area contributed by atoms with Crippen LogP contribution in [0.1, 0.15) is 18.9 Å². The number of amides is 1. The van der Waals surface area contributed by atoms with Gasteiger partial charge in [0.2, 0.25) is 0 Å². The normalized spacial score (nSPS) is 27.3. The molecule has 36 heavy (non-hydrogen) atoms. The topological polar surface area (TPSA) is 164 Å². The van der Waals surface area contributed by atoms with E-state index in [-0.39, 0.29) is 12.4 Å². The first-order valence-electron chi connectivity index (χ1n) is 10.9. The molecule has 2 rings (SSSR count). The highest BCUT2D eigenvalue weighted by molar-refractivity contribution is 5.79. The van der Waals surface area contributed by atoms with Crippen molar-refractivity contribution in [2.75, 3.05) is 13.7 Å². The largest absolute Gasteiger partial charge is 0.465 e. The average Bonchev–Trinajstić information content (AvgIpc) is 2.85. The molecule has 1 aromatic carbocycles. The van der Waals surface area contributed by atoms with Crippen LogP contribution in [0.25, 0.3) is 0 Å². The summed E-state index contributed by atoms with van der Waals surface area (Å²) in [5.74, 6) is -7.84. The fourth-order valence-corrected chi connectivity index (χ4v) is 3.83. The van der Waals surface area contributed by atoms with E-state index in [4.69, 9.17) is 9.47 Å². The third-order valence-corrected chi connectivity index (χ3v) is 5.57. The summed E-state index contributed by atoms with van der Waals surface area (Å²) < 4.78 is 45.3. The molecule has 1 aliphatic rings. The number of methoxy groups -OCH3 is 1. The monoisotopic (exact) mass is 516 g/mol. The number of aliphatic hydroxyl groups is 3. The van der Waals surface area contributed by atoms with Gasteiger partial charge in [-0.1, -0.05) is 36.9 Å². The Labute approximate surface area is 206 Å². The molecule has 1 heterocycles. The molecule has 11 nitrogen and oxygen atoms in total. The second kappa shape index (κ2) is 12.7. The van der Waals surface area contributed by atoms with Crippen LogP contribution < -0.4 is 10.6 Å². The van der Waals surface area contributed by atoms with E-state index in [1.807, 2.05) is 0 Å². The molecule has 0 aromatic heterocycles. The van der Waals surface area contributed by atoms with Crippen LogP contribution in [-0.2, 0) is 30.4 Å². The van der Waals surface area contributed by atoms with Crippen LogP contribution >= 0.6 is 0 Å². The predicted molar refractivity (Wildman–Crippen MR) is 119 cm³/mol. The minimum absolute atomic E-state index is 0.0980. The summed E-state index contributed by atoms with van der Waals surface area (Å²) in [4.78, 5) is 36.1. The van der Waals surface area contributed by atoms with Gasteiger partial charge >= 0.3 is 17.9 Å². The number of carbonyl (C=O) groups excluding carboxylic acids is 3. The zero-order valence-corrected chi connectivity index (χ0v) is 19.7. The van der Waals surface area contributed by atoms with Crippen molar-refractivity contribution in [2.24, 2.45) is 5.92 Å². The zero-order valence-electron chi connectivity index (χ0n) is 19.7. The lowest BCUT2D eigenvalue weighted by Crippen LogP contribution is -2.69. The Morgan fingerprint density at radius 2 is 1.89 bits per heavy atom. The molecule has 0 aliphatic carbocycles. The molecule has 1 amide bonds. The fraction of sp³-hybridized carbons (Fsp3) is 0.522. The van der Waals surface area contributed by atoms with E-state index in [1.165, 1.54) is 0 Å². The quantitative estimate of drug-likeness (QED) is 0.257. The van der Waals surface area contributed by atoms with E-state index in [2.05, 4.69) is 21.9 Å². The van der Waals surface area contributed by atoms with Crippen LogP contribution in [0, 0.1) is 5.92 Å². The van der Waals surface area contributed by atoms with Crippen molar-refractivity contribution in [3.8, 4) is 0 Å². The second-order valence-electron chi connectivity index (χ2n) is 8.27. The first kappa shape index (κ1) is 29.1. The number of Topliss-reactive ketones (excluding diaryl/α,β-unsaturated/α-hetero) is 1. The van der Waals surface area contributed by atoms with Gasteiger partial charge < -0.3 is 39.6 Å². The number of alkyl halides is 2. The van der Waals surface area contributed by atoms with Gasteiger partial charge in [0.15, 0.2) is 6.17 Å². The van der Waals surface area contributed by atoms with Crippen LogP contribution in [0.2, 0.25) is 0 Å². The van der Waals surface area contributed by atoms with Crippen molar-refractivity contribution < 1.29 is 52.7 Å². The molecule has 5 N–H and O–H groups in total. The highest BCUT2D eigenvalue weighted by atomic mass is 19.2. The molecule has 0 radical (unpaired) electrons. The average molecular weight is 516 g/mol. The summed E-state index contributed by atoms with van der Waals surface area (Å²) in [5, 5.41) is 34.1. The van der Waals surface area contributed by atoms with Crippen LogP contribution in [0.4, 0.5) is 13.6 Å². The number of carbonyl (C=O) groups is 3. The van der Waals surface area contributed by atoms with Crippen molar-refractivity contribution in [1.82, 2.24) is 10.6 Å². The third-order valence-electron chi connectivity index (χ3n) is 5.57. The second-order valence-corrected chi connectivity index (χ2v) is 8.27. The molecule has 200 valence electrons. The molecule has 1 aromatic rings. The number of rotatable bonds is 11. The van der Waals surface area contributed by atoms with E-state index in [9.17, 15) is 29.7 Å². The van der Waals surface area contributed by atoms with E-state index >= 15 is 8.78 Å². The van der Waals surface area contributed by atoms with Crippen LogP contribution in [0.15, 0.2) is 42.7 Å². The SMILES string of the molecule is C=C(NC(=O)OCc1ccccc1)N[C@@H]1C(F)[C@](F)(C(=O)OC)OC([C@H](O)[C@H](O)CO)[C@@H]1CC(C)=O. The van der Waals surface area contributed by atoms with Crippen LogP contribution in [-0.4, -0.2) is 83.3 Å². The van der Waals surface area contributed by atoms with Crippen molar-refractivity contribution in [3.05, 3.63) is 48.3 Å². The molecular formula is C23H30F2N2O9. The number of nitrogens with one attached hydrogen (secondary N) is 2. The zero-order chi connectivity index (χ0) is 27.0. The summed E-state index contributed by atoms with van der Waals surface area (Å²) in [6.45, 7) is 3.58. The number of benzene rings is 1. The number of ketones is 1. The molecule has 1 aliphatic heterocycles. The van der Waals surface area contributed by atoms with Crippen LogP contribution in [0.5, 0.6) is 0 Å². The summed E-state index contributed by atoms with van der Waals surface area (Å²) in [6, 6.07) is 6.88. The van der Waals surface area contributed by atoms with Gasteiger partial charge in [0, 0.05) is 12.3 Å². The summed E-state index contributed by atoms with van der Waals surface area (Å²) in [7, 11) is 0.779.